The monoisotopic (exact) mass is 458 g/mol. The molecule has 2 heterocycles. The van der Waals surface area contributed by atoms with Gasteiger partial charge in [0.1, 0.15) is 11.5 Å². The van der Waals surface area contributed by atoms with Gasteiger partial charge < -0.3 is 9.47 Å². The Kier molecular flexibility index (Phi) is 5.02. The highest BCUT2D eigenvalue weighted by molar-refractivity contribution is 6.35. The quantitative estimate of drug-likeness (QED) is 0.427. The Labute approximate surface area is 189 Å². The van der Waals surface area contributed by atoms with E-state index in [4.69, 9.17) is 49.4 Å². The average Bonchev–Trinajstić information content (AvgIpc) is 3.19. The summed E-state index contributed by atoms with van der Waals surface area (Å²) in [6.07, 6.45) is 0.259. The Morgan fingerprint density at radius 2 is 1.67 bits per heavy atom. The number of halogens is 3. The molecule has 4 nitrogen and oxygen atoms in total. The molecule has 0 aromatic heterocycles. The lowest BCUT2D eigenvalue weighted by molar-refractivity contribution is -0.0189. The van der Waals surface area contributed by atoms with Crippen LogP contribution in [0.5, 0.6) is 11.5 Å². The zero-order valence-corrected chi connectivity index (χ0v) is 18.2. The summed E-state index contributed by atoms with van der Waals surface area (Å²) in [7, 11) is 1.65. The molecule has 3 aromatic carbocycles. The molecule has 152 valence electrons. The summed E-state index contributed by atoms with van der Waals surface area (Å²) in [4.78, 5) is 0. The van der Waals surface area contributed by atoms with Crippen molar-refractivity contribution in [3.05, 3.63) is 92.4 Å². The van der Waals surface area contributed by atoms with Gasteiger partial charge in [0.25, 0.3) is 0 Å². The van der Waals surface area contributed by atoms with E-state index in [1.807, 2.05) is 59.6 Å². The fourth-order valence-electron chi connectivity index (χ4n) is 3.92. The molecule has 3 aromatic rings. The number of hydrazone groups is 1. The van der Waals surface area contributed by atoms with Crippen LogP contribution in [-0.4, -0.2) is 17.8 Å². The first-order chi connectivity index (χ1) is 14.5. The number of ether oxygens (including phenoxy) is 2. The van der Waals surface area contributed by atoms with E-state index in [1.54, 1.807) is 13.2 Å². The highest BCUT2D eigenvalue weighted by Crippen LogP contribution is 2.49. The van der Waals surface area contributed by atoms with Gasteiger partial charge in [-0.25, -0.2) is 5.01 Å². The minimum absolute atomic E-state index is 0.0127. The molecule has 0 amide bonds. The van der Waals surface area contributed by atoms with Gasteiger partial charge >= 0.3 is 0 Å². The smallest absolute Gasteiger partial charge is 0.215 e. The number of hydrogen-bond donors (Lipinski definition) is 0. The maximum Gasteiger partial charge on any atom is 0.215 e. The van der Waals surface area contributed by atoms with E-state index in [-0.39, 0.29) is 6.04 Å². The van der Waals surface area contributed by atoms with Crippen molar-refractivity contribution < 1.29 is 9.47 Å². The topological polar surface area (TPSA) is 34.1 Å². The van der Waals surface area contributed by atoms with Crippen molar-refractivity contribution in [3.8, 4) is 11.5 Å². The second-order valence-corrected chi connectivity index (χ2v) is 8.47. The Balaban J connectivity index is 1.59. The third kappa shape index (κ3) is 3.39. The van der Waals surface area contributed by atoms with Crippen molar-refractivity contribution in [2.24, 2.45) is 5.10 Å². The molecule has 0 radical (unpaired) electrons. The van der Waals surface area contributed by atoms with Gasteiger partial charge in [-0.15, -0.1) is 0 Å². The molecule has 0 bridgehead atoms. The van der Waals surface area contributed by atoms with Crippen LogP contribution in [0.15, 0.2) is 65.8 Å². The summed E-state index contributed by atoms with van der Waals surface area (Å²) in [5.74, 6) is 1.59. The van der Waals surface area contributed by atoms with Gasteiger partial charge in [-0.1, -0.05) is 40.9 Å². The van der Waals surface area contributed by atoms with E-state index < -0.39 is 6.23 Å². The maximum absolute atomic E-state index is 6.52. The van der Waals surface area contributed by atoms with Gasteiger partial charge in [0, 0.05) is 27.6 Å². The molecule has 0 unspecified atom stereocenters. The van der Waals surface area contributed by atoms with Crippen LogP contribution in [0.4, 0.5) is 0 Å². The molecule has 0 aliphatic carbocycles. The fourth-order valence-corrected chi connectivity index (χ4v) is 4.61. The first-order valence-corrected chi connectivity index (χ1v) is 10.6. The van der Waals surface area contributed by atoms with Crippen molar-refractivity contribution in [3.63, 3.8) is 0 Å². The summed E-state index contributed by atoms with van der Waals surface area (Å²) in [6, 6.07) is 19.0. The predicted octanol–water partition coefficient (Wildman–Crippen LogP) is 6.90. The van der Waals surface area contributed by atoms with Crippen molar-refractivity contribution in [2.45, 2.75) is 18.7 Å². The molecule has 0 N–H and O–H groups in total. The molecular formula is C23H17Cl3N2O2. The van der Waals surface area contributed by atoms with E-state index in [0.717, 1.165) is 40.3 Å². The van der Waals surface area contributed by atoms with Crippen LogP contribution in [0.3, 0.4) is 0 Å². The molecule has 0 saturated heterocycles. The molecule has 7 heteroatoms. The second-order valence-electron chi connectivity index (χ2n) is 7.19. The Hall–Kier alpha value is -2.40. The molecule has 0 spiro atoms. The van der Waals surface area contributed by atoms with Gasteiger partial charge in [0.2, 0.25) is 6.23 Å². The zero-order valence-electron chi connectivity index (χ0n) is 16.0. The number of hydrogen-bond acceptors (Lipinski definition) is 4. The Morgan fingerprint density at radius 3 is 2.40 bits per heavy atom. The molecule has 30 heavy (non-hydrogen) atoms. The molecule has 2 aliphatic rings. The van der Waals surface area contributed by atoms with E-state index in [0.29, 0.717) is 15.1 Å². The molecule has 2 aliphatic heterocycles. The summed E-state index contributed by atoms with van der Waals surface area (Å²) in [5, 5.41) is 8.68. The molecule has 5 rings (SSSR count). The van der Waals surface area contributed by atoms with Gasteiger partial charge in [-0.2, -0.15) is 5.10 Å². The summed E-state index contributed by atoms with van der Waals surface area (Å²) < 4.78 is 11.6. The van der Waals surface area contributed by atoms with Crippen LogP contribution in [0.25, 0.3) is 0 Å². The normalized spacial score (nSPS) is 19.6. The van der Waals surface area contributed by atoms with Crippen molar-refractivity contribution in [1.82, 2.24) is 5.01 Å². The van der Waals surface area contributed by atoms with E-state index >= 15 is 0 Å². The lowest BCUT2D eigenvalue weighted by Gasteiger charge is -2.38. The average molecular weight is 460 g/mol. The first-order valence-electron chi connectivity index (χ1n) is 9.45. The zero-order chi connectivity index (χ0) is 20.8. The minimum atomic E-state index is -0.468. The van der Waals surface area contributed by atoms with E-state index in [9.17, 15) is 0 Å². The number of benzene rings is 3. The minimum Gasteiger partial charge on any atom is -0.497 e. The third-order valence-corrected chi connectivity index (χ3v) is 6.20. The van der Waals surface area contributed by atoms with Crippen molar-refractivity contribution in [1.29, 1.82) is 0 Å². The van der Waals surface area contributed by atoms with Gasteiger partial charge in [0.05, 0.1) is 23.9 Å². The van der Waals surface area contributed by atoms with Crippen molar-refractivity contribution >= 4 is 40.5 Å². The predicted molar refractivity (Wildman–Crippen MR) is 120 cm³/mol. The van der Waals surface area contributed by atoms with Crippen LogP contribution in [0, 0.1) is 0 Å². The van der Waals surface area contributed by atoms with Crippen LogP contribution in [0.1, 0.15) is 35.4 Å². The lowest BCUT2D eigenvalue weighted by atomic mass is 9.96. The van der Waals surface area contributed by atoms with Gasteiger partial charge in [-0.3, -0.25) is 0 Å². The molecule has 0 fully saturated rings. The van der Waals surface area contributed by atoms with Crippen LogP contribution in [0.2, 0.25) is 15.1 Å². The maximum atomic E-state index is 6.52. The standard InChI is InChI=1S/C23H17Cl3N2O2/c1-29-16-6-2-13(3-7-16)20-12-21-18-10-14(24)5-9-22(18)30-23(28(21)27-20)17-8-4-15(25)11-19(17)26/h2-11,21,23H,12H2,1H3/t21-,23+/m0/s1. The van der Waals surface area contributed by atoms with E-state index in [2.05, 4.69) is 0 Å². The van der Waals surface area contributed by atoms with Crippen molar-refractivity contribution in [2.75, 3.05) is 7.11 Å². The molecular weight excluding hydrogens is 443 g/mol. The fraction of sp³-hybridized carbons (Fsp3) is 0.174. The number of rotatable bonds is 3. The van der Waals surface area contributed by atoms with E-state index in [1.165, 1.54) is 0 Å². The Bertz CT molecular complexity index is 1150. The Morgan fingerprint density at radius 1 is 0.933 bits per heavy atom. The van der Waals surface area contributed by atoms with Crippen LogP contribution < -0.4 is 9.47 Å². The number of fused-ring (bicyclic) bond motifs is 3. The first kappa shape index (κ1) is 19.6. The number of nitrogens with zero attached hydrogens (tertiary/aromatic N) is 2. The molecule has 0 saturated carbocycles. The van der Waals surface area contributed by atoms with Gasteiger partial charge in [-0.05, 0) is 60.2 Å². The molecule has 2 atom stereocenters. The second kappa shape index (κ2) is 7.69. The number of methoxy groups -OCH3 is 1. The summed E-state index contributed by atoms with van der Waals surface area (Å²) >= 11 is 18.9. The van der Waals surface area contributed by atoms with Crippen LogP contribution >= 0.6 is 34.8 Å². The lowest BCUT2D eigenvalue weighted by Crippen LogP contribution is -2.33. The highest BCUT2D eigenvalue weighted by Gasteiger charge is 2.41. The third-order valence-electron chi connectivity index (χ3n) is 5.40. The summed E-state index contributed by atoms with van der Waals surface area (Å²) in [6.45, 7) is 0. The highest BCUT2D eigenvalue weighted by atomic mass is 35.5. The SMILES string of the molecule is COc1ccc(C2=NN3[C@@H](c4ccc(Cl)cc4Cl)Oc4ccc(Cl)cc4[C@@H]3C2)cc1. The van der Waals surface area contributed by atoms with Crippen LogP contribution in [-0.2, 0) is 0 Å². The van der Waals surface area contributed by atoms with Gasteiger partial charge in [0.15, 0.2) is 0 Å². The summed E-state index contributed by atoms with van der Waals surface area (Å²) in [5.41, 5.74) is 3.83. The largest absolute Gasteiger partial charge is 0.497 e.